The molecule has 1 atom stereocenters. The molecule has 0 aromatic heterocycles. The van der Waals surface area contributed by atoms with Gasteiger partial charge in [0.2, 0.25) is 0 Å². The highest BCUT2D eigenvalue weighted by Gasteiger charge is 2.19. The van der Waals surface area contributed by atoms with Crippen molar-refractivity contribution in [2.45, 2.75) is 102 Å². The first kappa shape index (κ1) is 42.8. The first-order valence-corrected chi connectivity index (χ1v) is 15.2. The number of phenolic OH excluding ortho intramolecular Hbond substituents is 1. The molecule has 0 spiro atoms. The second-order valence-electron chi connectivity index (χ2n) is 8.01. The molecule has 0 saturated carbocycles. The van der Waals surface area contributed by atoms with E-state index >= 15 is 0 Å². The Balaban J connectivity index is -0.00000165. The van der Waals surface area contributed by atoms with Crippen molar-refractivity contribution in [3.63, 3.8) is 0 Å². The molecule has 0 bridgehead atoms. The van der Waals surface area contributed by atoms with Gasteiger partial charge in [-0.25, -0.2) is 5.48 Å². The van der Waals surface area contributed by atoms with Crippen LogP contribution in [0.25, 0.3) is 0 Å². The zero-order valence-electron chi connectivity index (χ0n) is 28.2. The van der Waals surface area contributed by atoms with Crippen molar-refractivity contribution in [3.05, 3.63) is 52.1 Å². The van der Waals surface area contributed by atoms with E-state index in [-0.39, 0.29) is 12.4 Å². The molecule has 0 heterocycles. The Morgan fingerprint density at radius 3 is 1.66 bits per heavy atom. The Morgan fingerprint density at radius 1 is 0.756 bits per heavy atom. The number of hydrogen-bond acceptors (Lipinski definition) is 7. The number of rotatable bonds is 13. The van der Waals surface area contributed by atoms with Crippen molar-refractivity contribution in [2.75, 3.05) is 33.0 Å². The van der Waals surface area contributed by atoms with Crippen molar-refractivity contribution in [1.82, 2.24) is 5.48 Å². The molecule has 238 valence electrons. The Kier molecular flexibility index (Phi) is 28.7. The van der Waals surface area contributed by atoms with Gasteiger partial charge in [-0.05, 0) is 74.1 Å². The number of phenols is 1. The molecule has 0 aliphatic rings. The zero-order chi connectivity index (χ0) is 32.4. The van der Waals surface area contributed by atoms with Crippen LogP contribution in [0.2, 0.25) is 0 Å². The molecule has 4 N–H and O–H groups in total. The van der Waals surface area contributed by atoms with Crippen LogP contribution in [-0.4, -0.2) is 44.0 Å². The van der Waals surface area contributed by atoms with Crippen molar-refractivity contribution >= 4 is 5.91 Å². The van der Waals surface area contributed by atoms with Gasteiger partial charge in [0.25, 0.3) is 5.91 Å². The number of hydroxylamine groups is 1. The molecule has 0 aliphatic carbocycles. The average Bonchev–Trinajstić information content (AvgIpc) is 3.00. The number of amides is 1. The van der Waals surface area contributed by atoms with Crippen LogP contribution in [0.5, 0.6) is 17.2 Å². The molecule has 41 heavy (non-hydrogen) atoms. The van der Waals surface area contributed by atoms with Crippen molar-refractivity contribution < 1.29 is 28.9 Å². The number of aromatic hydroxyl groups is 1. The monoisotopic (exact) mass is 580 g/mol. The molecule has 0 radical (unpaired) electrons. The lowest BCUT2D eigenvalue weighted by molar-refractivity contribution is -0.136. The van der Waals surface area contributed by atoms with Gasteiger partial charge in [-0.3, -0.25) is 9.63 Å². The summed E-state index contributed by atoms with van der Waals surface area (Å²) in [5.74, 6) is 1.14. The highest BCUT2D eigenvalue weighted by Crippen LogP contribution is 2.34. The Hall–Kier alpha value is -2.65. The van der Waals surface area contributed by atoms with Gasteiger partial charge in [0.15, 0.2) is 0 Å². The smallest absolute Gasteiger partial charge is 0.265 e. The third-order valence-electron chi connectivity index (χ3n) is 5.03. The second kappa shape index (κ2) is 27.5. The molecule has 1 unspecified atom stereocenters. The number of carbonyl (C=O) groups excluding carboxylic acids is 1. The van der Waals surface area contributed by atoms with Crippen molar-refractivity contribution in [2.24, 2.45) is 5.73 Å². The molecule has 0 fully saturated rings. The fourth-order valence-corrected chi connectivity index (χ4v) is 3.32. The molecule has 0 saturated heterocycles. The Morgan fingerprint density at radius 2 is 1.20 bits per heavy atom. The predicted molar refractivity (Wildman–Crippen MR) is 172 cm³/mol. The zero-order valence-corrected chi connectivity index (χ0v) is 28.2. The second-order valence-corrected chi connectivity index (χ2v) is 8.01. The maximum atomic E-state index is 12.4. The van der Waals surface area contributed by atoms with Crippen LogP contribution in [0, 0.1) is 27.7 Å². The van der Waals surface area contributed by atoms with Gasteiger partial charge < -0.3 is 25.1 Å². The van der Waals surface area contributed by atoms with E-state index in [4.69, 9.17) is 24.8 Å². The van der Waals surface area contributed by atoms with Gasteiger partial charge in [-0.1, -0.05) is 74.4 Å². The number of nitrogens with one attached hydrogen (secondary N) is 1. The lowest BCUT2D eigenvalue weighted by Crippen LogP contribution is -2.35. The highest BCUT2D eigenvalue weighted by atomic mass is 16.7. The van der Waals surface area contributed by atoms with E-state index in [9.17, 15) is 9.90 Å². The van der Waals surface area contributed by atoms with Gasteiger partial charge >= 0.3 is 0 Å². The maximum absolute atomic E-state index is 12.4. The lowest BCUT2D eigenvalue weighted by atomic mass is 10.00. The first-order chi connectivity index (χ1) is 19.7. The van der Waals surface area contributed by atoms with Crippen LogP contribution < -0.4 is 16.0 Å². The fraction of sp³-hybridized carbons (Fsp3) is 0.606. The quantitative estimate of drug-likeness (QED) is 0.162. The van der Waals surface area contributed by atoms with Crippen molar-refractivity contribution in [1.29, 1.82) is 0 Å². The van der Waals surface area contributed by atoms with E-state index in [0.29, 0.717) is 36.9 Å². The third-order valence-corrected chi connectivity index (χ3v) is 5.03. The number of carbonyl (C=O) groups is 1. The average molecular weight is 581 g/mol. The molecule has 8 heteroatoms. The summed E-state index contributed by atoms with van der Waals surface area (Å²) in [4.78, 5) is 17.5. The van der Waals surface area contributed by atoms with Gasteiger partial charge in [-0.15, -0.1) is 0 Å². The molecule has 2 rings (SSSR count). The number of aryl methyl sites for hydroxylation is 4. The normalized spacial score (nSPS) is 10.2. The summed E-state index contributed by atoms with van der Waals surface area (Å²) in [6.07, 6.45) is 0.974. The lowest BCUT2D eigenvalue weighted by Gasteiger charge is -2.18. The highest BCUT2D eigenvalue weighted by molar-refractivity contribution is 5.82. The maximum Gasteiger partial charge on any atom is 0.265 e. The number of nitrogens with two attached hydrogens (primary N) is 1. The van der Waals surface area contributed by atoms with Crippen LogP contribution >= 0.6 is 0 Å². The minimum Gasteiger partial charge on any atom is -0.507 e. The minimum atomic E-state index is -0.891. The Bertz CT molecular complexity index is 888. The molecule has 2 aromatic carbocycles. The molecule has 8 nitrogen and oxygen atoms in total. The van der Waals surface area contributed by atoms with E-state index in [1.165, 1.54) is 0 Å². The number of benzene rings is 2. The van der Waals surface area contributed by atoms with Gasteiger partial charge in [0.1, 0.15) is 23.3 Å². The number of ether oxygens (including phenoxy) is 3. The molecular weight excluding hydrogens is 520 g/mol. The Labute approximate surface area is 250 Å². The SMILES string of the molecule is CC.CC.CC.CC.CCCOCCOCCONC(=O)C(N)c1cc(C)c(Oc2cc(C)c(O)c(C)c2)c(C)c1. The molecular formula is C33H60N2O6. The van der Waals surface area contributed by atoms with E-state index in [2.05, 4.69) is 5.48 Å². The number of hydrogen-bond donors (Lipinski definition) is 3. The van der Waals surface area contributed by atoms with E-state index < -0.39 is 11.9 Å². The summed E-state index contributed by atoms with van der Waals surface area (Å²) in [7, 11) is 0. The van der Waals surface area contributed by atoms with Gasteiger partial charge in [-0.2, -0.15) is 0 Å². The summed E-state index contributed by atoms with van der Waals surface area (Å²) in [5.41, 5.74) is 12.3. The van der Waals surface area contributed by atoms with Crippen LogP contribution in [0.3, 0.4) is 0 Å². The predicted octanol–water partition coefficient (Wildman–Crippen LogP) is 8.01. The van der Waals surface area contributed by atoms with Gasteiger partial charge in [0.05, 0.1) is 26.4 Å². The van der Waals surface area contributed by atoms with Crippen LogP contribution in [-0.2, 0) is 19.1 Å². The molecule has 0 aliphatic heterocycles. The van der Waals surface area contributed by atoms with Crippen LogP contribution in [0.4, 0.5) is 0 Å². The third kappa shape index (κ3) is 17.0. The van der Waals surface area contributed by atoms with E-state index in [0.717, 1.165) is 35.3 Å². The summed E-state index contributed by atoms with van der Waals surface area (Å²) < 4.78 is 16.8. The molecule has 2 aromatic rings. The van der Waals surface area contributed by atoms with E-state index in [1.54, 1.807) is 12.1 Å². The largest absolute Gasteiger partial charge is 0.507 e. The van der Waals surface area contributed by atoms with Gasteiger partial charge in [0, 0.05) is 6.61 Å². The minimum absolute atomic E-state index is 0.211. The standard InChI is InChI=1S/C25H36N2O6.4C2H6/c1-6-7-30-8-9-31-10-11-32-27-25(29)22(26)20-12-18(4)24(19(5)13-20)33-21-14-16(2)23(28)17(3)15-21;4*1-2/h12-15,22,28H,6-11,26H2,1-5H3,(H,27,29);4*1-2H3. The molecule has 1 amide bonds. The topological polar surface area (TPSA) is 112 Å². The van der Waals surface area contributed by atoms with Crippen LogP contribution in [0.1, 0.15) is 103 Å². The summed E-state index contributed by atoms with van der Waals surface area (Å²) in [6, 6.07) is 6.33. The summed E-state index contributed by atoms with van der Waals surface area (Å²) in [5, 5.41) is 9.97. The summed E-state index contributed by atoms with van der Waals surface area (Å²) in [6.45, 7) is 27.8. The fourth-order valence-electron chi connectivity index (χ4n) is 3.32. The van der Waals surface area contributed by atoms with Crippen LogP contribution in [0.15, 0.2) is 24.3 Å². The van der Waals surface area contributed by atoms with Crippen molar-refractivity contribution in [3.8, 4) is 17.2 Å². The van der Waals surface area contributed by atoms with E-state index in [1.807, 2.05) is 102 Å². The first-order valence-electron chi connectivity index (χ1n) is 15.2. The summed E-state index contributed by atoms with van der Waals surface area (Å²) >= 11 is 0.